The number of ketones is 2. The summed E-state index contributed by atoms with van der Waals surface area (Å²) in [5.41, 5.74) is 3.02. The lowest BCUT2D eigenvalue weighted by atomic mass is 9.57. The molecule has 1 aliphatic heterocycles. The van der Waals surface area contributed by atoms with Crippen molar-refractivity contribution in [2.24, 2.45) is 17.6 Å². The summed E-state index contributed by atoms with van der Waals surface area (Å²) in [6.45, 7) is -0.654. The van der Waals surface area contributed by atoms with Gasteiger partial charge in [-0.15, -0.1) is 0 Å². The molecule has 17 nitrogen and oxygen atoms in total. The smallest absolute Gasteiger partial charge is 0.255 e. The van der Waals surface area contributed by atoms with Crippen LogP contribution in [0.3, 0.4) is 0 Å². The number of amides is 1. The van der Waals surface area contributed by atoms with Crippen LogP contribution in [-0.4, -0.2) is 140 Å². The Hall–Kier alpha value is -4.75. The van der Waals surface area contributed by atoms with Gasteiger partial charge in [0, 0.05) is 43.4 Å². The van der Waals surface area contributed by atoms with Gasteiger partial charge < -0.3 is 66.3 Å². The van der Waals surface area contributed by atoms with Crippen molar-refractivity contribution in [3.8, 4) is 11.5 Å². The number of aliphatic hydroxyl groups is 7. The number of ether oxygens (including phenoxy) is 2. The fourth-order valence-corrected chi connectivity index (χ4v) is 8.07. The van der Waals surface area contributed by atoms with Crippen LogP contribution in [0.25, 0.3) is 5.76 Å². The van der Waals surface area contributed by atoms with Gasteiger partial charge in [-0.25, -0.2) is 0 Å². The zero-order chi connectivity index (χ0) is 38.8. The van der Waals surface area contributed by atoms with Crippen LogP contribution in [-0.2, 0) is 32.1 Å². The lowest BCUT2D eigenvalue weighted by molar-refractivity contribution is -0.277. The number of likely N-dealkylation sites (N-methyl/N-ethyl adjacent to an activating group) is 1. The van der Waals surface area contributed by atoms with Crippen LogP contribution in [0.5, 0.6) is 11.5 Å². The van der Waals surface area contributed by atoms with Gasteiger partial charge in [-0.2, -0.15) is 0 Å². The molecule has 2 aromatic rings. The molecule has 1 saturated carbocycles. The highest BCUT2D eigenvalue weighted by Gasteiger charge is 2.64. The third-order valence-electron chi connectivity index (χ3n) is 10.7. The average molecular weight is 741 g/mol. The first kappa shape index (κ1) is 38.0. The molecule has 3 aliphatic carbocycles. The number of aliphatic hydroxyl groups excluding tert-OH is 6. The van der Waals surface area contributed by atoms with E-state index in [-0.39, 0.29) is 42.0 Å². The molecule has 1 amide bonds. The van der Waals surface area contributed by atoms with Crippen LogP contribution >= 0.6 is 0 Å². The normalized spacial score (nSPS) is 31.2. The first-order valence-corrected chi connectivity index (χ1v) is 16.9. The fourth-order valence-electron chi connectivity index (χ4n) is 8.07. The first-order valence-electron chi connectivity index (χ1n) is 16.9. The number of hydrogen-bond acceptors (Lipinski definition) is 16. The van der Waals surface area contributed by atoms with Gasteiger partial charge in [-0.3, -0.25) is 19.3 Å². The molecule has 2 fully saturated rings. The minimum atomic E-state index is -2.77. The summed E-state index contributed by atoms with van der Waals surface area (Å²) >= 11 is 0. The number of nitrogens with zero attached hydrogens (tertiary/aromatic N) is 2. The minimum absolute atomic E-state index is 0.0123. The van der Waals surface area contributed by atoms with Gasteiger partial charge in [0.05, 0.1) is 23.9 Å². The third kappa shape index (κ3) is 5.97. The molecule has 286 valence electrons. The van der Waals surface area contributed by atoms with Gasteiger partial charge in [-0.05, 0) is 50.6 Å². The summed E-state index contributed by atoms with van der Waals surface area (Å²) in [5.74, 6) is -7.29. The molecule has 0 spiro atoms. The monoisotopic (exact) mass is 740 g/mol. The number of rotatable bonds is 9. The maximum Gasteiger partial charge on any atom is 0.255 e. The number of fused-ring (bicyclic) bond motifs is 3. The molecule has 1 saturated heterocycles. The summed E-state index contributed by atoms with van der Waals surface area (Å²) in [5, 5.41) is 90.1. The number of phenols is 1. The summed E-state index contributed by atoms with van der Waals surface area (Å²) in [6, 6.07) is 7.03. The highest BCUT2D eigenvalue weighted by atomic mass is 16.7. The van der Waals surface area contributed by atoms with Crippen molar-refractivity contribution >= 4 is 34.6 Å². The predicted octanol–water partition coefficient (Wildman–Crippen LogP) is -1.18. The van der Waals surface area contributed by atoms with Crippen molar-refractivity contribution in [2.75, 3.05) is 45.0 Å². The molecule has 0 unspecified atom stereocenters. The van der Waals surface area contributed by atoms with Gasteiger partial charge >= 0.3 is 0 Å². The molecule has 9 atom stereocenters. The fraction of sp³-hybridized carbons (Fsp3) is 0.472. The van der Waals surface area contributed by atoms with E-state index in [2.05, 4.69) is 5.32 Å². The Morgan fingerprint density at radius 1 is 1.06 bits per heavy atom. The summed E-state index contributed by atoms with van der Waals surface area (Å²) in [7, 11) is 6.56. The number of nitrogens with one attached hydrogen (secondary N) is 1. The van der Waals surface area contributed by atoms with Gasteiger partial charge in [0.25, 0.3) is 5.91 Å². The largest absolute Gasteiger partial charge is 0.508 e. The van der Waals surface area contributed by atoms with Crippen molar-refractivity contribution in [3.63, 3.8) is 0 Å². The average Bonchev–Trinajstić information content (AvgIpc) is 3.09. The number of Topliss-reactive ketones (excluding diaryl/α,β-unsaturated/α-hetero) is 2. The number of nitrogens with two attached hydrogens (primary N) is 1. The van der Waals surface area contributed by atoms with Crippen molar-refractivity contribution in [3.05, 3.63) is 63.9 Å². The second-order valence-electron chi connectivity index (χ2n) is 14.3. The Balaban J connectivity index is 1.37. The molecule has 4 aliphatic rings. The van der Waals surface area contributed by atoms with E-state index in [9.17, 15) is 55.2 Å². The minimum Gasteiger partial charge on any atom is -0.508 e. The highest BCUT2D eigenvalue weighted by Crippen LogP contribution is 2.54. The van der Waals surface area contributed by atoms with Crippen molar-refractivity contribution in [2.45, 2.75) is 61.7 Å². The predicted molar refractivity (Wildman–Crippen MR) is 187 cm³/mol. The van der Waals surface area contributed by atoms with Crippen molar-refractivity contribution < 1.29 is 64.7 Å². The number of anilines is 2. The standard InChI is InChI=1S/C36H44N4O13/c1-39(2)19-11-18(38-12-14-7-5-6-8-20(14)52-35-31(47)30(46)27(43)21(13-41)53-35)26(42)23-16(19)9-15-10-17-25(40(3)4)29(45)24(34(37)50)33(49)36(17,51)32(48)22(15)28(23)44/h5-8,11,15,17,21,25,27,30-31,35,38,41-44,46-47,49,51H,9-10,12-13H2,1-4H3,(H2,37,50)/t15-,17-,21+,25-,27+,30-,31+,35+,36-/m0/s1. The Morgan fingerprint density at radius 3 is 2.36 bits per heavy atom. The van der Waals surface area contributed by atoms with Crippen molar-refractivity contribution in [1.29, 1.82) is 0 Å². The second-order valence-corrected chi connectivity index (χ2v) is 14.3. The van der Waals surface area contributed by atoms with Crippen LogP contribution in [0.15, 0.2) is 47.2 Å². The number of aromatic hydroxyl groups is 1. The number of phenolic OH excluding ortho intramolecular Hbond substituents is 1. The van der Waals surface area contributed by atoms with E-state index < -0.39 is 101 Å². The zero-order valence-corrected chi connectivity index (χ0v) is 29.4. The van der Waals surface area contributed by atoms with E-state index in [4.69, 9.17) is 15.2 Å². The number of benzene rings is 2. The molecule has 11 N–H and O–H groups in total. The molecule has 17 heteroatoms. The van der Waals surface area contributed by atoms with Gasteiger partial charge in [0.15, 0.2) is 11.4 Å². The molecule has 1 heterocycles. The van der Waals surface area contributed by atoms with E-state index in [0.29, 0.717) is 16.8 Å². The van der Waals surface area contributed by atoms with Crippen LogP contribution < -0.4 is 20.7 Å². The lowest BCUT2D eigenvalue weighted by Crippen LogP contribution is -2.65. The Labute approximate surface area is 303 Å². The maximum atomic E-state index is 14.3. The number of para-hydroxylation sites is 1. The summed E-state index contributed by atoms with van der Waals surface area (Å²) in [6.07, 6.45) is -7.47. The quantitative estimate of drug-likeness (QED) is 0.107. The zero-order valence-electron chi connectivity index (χ0n) is 29.4. The number of carbonyl (C=O) groups is 3. The topological polar surface area (TPSA) is 276 Å². The van der Waals surface area contributed by atoms with E-state index in [0.717, 1.165) is 0 Å². The maximum absolute atomic E-state index is 14.3. The molecule has 2 aromatic carbocycles. The lowest BCUT2D eigenvalue weighted by Gasteiger charge is -2.50. The molecular weight excluding hydrogens is 696 g/mol. The van der Waals surface area contributed by atoms with Crippen molar-refractivity contribution in [1.82, 2.24) is 4.90 Å². The van der Waals surface area contributed by atoms with Crippen LogP contribution in [0.2, 0.25) is 0 Å². The first-order chi connectivity index (χ1) is 24.9. The van der Waals surface area contributed by atoms with E-state index in [1.165, 1.54) is 19.0 Å². The van der Waals surface area contributed by atoms with Crippen LogP contribution in [0, 0.1) is 11.8 Å². The summed E-state index contributed by atoms with van der Waals surface area (Å²) < 4.78 is 11.4. The van der Waals surface area contributed by atoms with Crippen LogP contribution in [0.4, 0.5) is 11.4 Å². The Kier molecular flexibility index (Phi) is 9.97. The molecule has 0 bridgehead atoms. The van der Waals surface area contributed by atoms with E-state index in [1.54, 1.807) is 49.3 Å². The summed E-state index contributed by atoms with van der Waals surface area (Å²) in [4.78, 5) is 43.1. The second kappa shape index (κ2) is 13.9. The van der Waals surface area contributed by atoms with Gasteiger partial charge in [-0.1, -0.05) is 18.2 Å². The number of carbonyl (C=O) groups excluding carboxylic acids is 3. The Bertz CT molecular complexity index is 1910. The highest BCUT2D eigenvalue weighted by molar-refractivity contribution is 6.24. The SMILES string of the molecule is CN(C)c1cc(NCc2ccccc2O[C@@H]2O[C@H](CO)[C@@H](O)[C@H](O)[C@H]2O)c(O)c2c1C[C@H]1C[C@H]3[C@H](N(C)C)C(=O)C(C(N)=O)=C(O)[C@@]3(O)C(=O)C1=C2O. The molecule has 6 rings (SSSR count). The Morgan fingerprint density at radius 2 is 1.74 bits per heavy atom. The number of hydrogen-bond donors (Lipinski definition) is 10. The third-order valence-corrected chi connectivity index (χ3v) is 10.7. The van der Waals surface area contributed by atoms with Crippen LogP contribution in [0.1, 0.15) is 23.1 Å². The van der Waals surface area contributed by atoms with E-state index in [1.807, 2.05) is 0 Å². The van der Waals surface area contributed by atoms with Gasteiger partial charge in [0.1, 0.15) is 53.0 Å². The number of primary amides is 1. The molecule has 0 aromatic heterocycles. The van der Waals surface area contributed by atoms with Gasteiger partial charge in [0.2, 0.25) is 12.1 Å². The van der Waals surface area contributed by atoms with E-state index >= 15 is 0 Å². The molecular formula is C36H44N4O13. The molecule has 0 radical (unpaired) electrons. The molecule has 53 heavy (non-hydrogen) atoms.